The Hall–Kier alpha value is -1.52. The number of piperidine rings is 1. The number of rotatable bonds is 4. The molecule has 0 aliphatic carbocycles. The number of para-hydroxylation sites is 1. The van der Waals surface area contributed by atoms with Crippen LogP contribution in [0.5, 0.6) is 0 Å². The van der Waals surface area contributed by atoms with Crippen molar-refractivity contribution >= 4 is 29.3 Å². The Balaban J connectivity index is 0.00000192. The van der Waals surface area contributed by atoms with Crippen LogP contribution in [0.15, 0.2) is 34.7 Å². The smallest absolute Gasteiger partial charge is 0.223 e. The molecule has 1 aromatic heterocycles. The fourth-order valence-corrected chi connectivity index (χ4v) is 3.09. The SMILES string of the molecule is CC(c1cc2ccccc2o1)N(C)C(=O)CC1CCNCC1.Cl. The Morgan fingerprint density at radius 1 is 1.35 bits per heavy atom. The van der Waals surface area contributed by atoms with E-state index in [9.17, 15) is 4.79 Å². The van der Waals surface area contributed by atoms with E-state index in [0.29, 0.717) is 12.3 Å². The molecule has 23 heavy (non-hydrogen) atoms. The third-order valence-corrected chi connectivity index (χ3v) is 4.75. The molecule has 5 heteroatoms. The zero-order chi connectivity index (χ0) is 15.5. The molecule has 3 rings (SSSR count). The first-order valence-electron chi connectivity index (χ1n) is 8.10. The van der Waals surface area contributed by atoms with Crippen molar-refractivity contribution in [1.29, 1.82) is 0 Å². The van der Waals surface area contributed by atoms with Gasteiger partial charge in [0.05, 0.1) is 6.04 Å². The number of carbonyl (C=O) groups is 1. The molecule has 1 unspecified atom stereocenters. The highest BCUT2D eigenvalue weighted by Crippen LogP contribution is 2.28. The summed E-state index contributed by atoms with van der Waals surface area (Å²) in [5.74, 6) is 1.57. The van der Waals surface area contributed by atoms with E-state index in [2.05, 4.69) is 5.32 Å². The molecule has 0 saturated carbocycles. The second-order valence-corrected chi connectivity index (χ2v) is 6.26. The maximum Gasteiger partial charge on any atom is 0.223 e. The van der Waals surface area contributed by atoms with Crippen molar-refractivity contribution in [1.82, 2.24) is 10.2 Å². The first-order valence-corrected chi connectivity index (χ1v) is 8.10. The highest BCUT2D eigenvalue weighted by molar-refractivity contribution is 5.85. The summed E-state index contributed by atoms with van der Waals surface area (Å²) in [7, 11) is 1.88. The van der Waals surface area contributed by atoms with Crippen LogP contribution < -0.4 is 5.32 Å². The summed E-state index contributed by atoms with van der Waals surface area (Å²) >= 11 is 0. The van der Waals surface area contributed by atoms with Gasteiger partial charge in [-0.1, -0.05) is 18.2 Å². The van der Waals surface area contributed by atoms with E-state index in [-0.39, 0.29) is 24.4 Å². The third kappa shape index (κ3) is 4.06. The monoisotopic (exact) mass is 336 g/mol. The van der Waals surface area contributed by atoms with E-state index >= 15 is 0 Å². The summed E-state index contributed by atoms with van der Waals surface area (Å²) < 4.78 is 5.89. The van der Waals surface area contributed by atoms with Crippen molar-refractivity contribution in [2.45, 2.75) is 32.2 Å². The lowest BCUT2D eigenvalue weighted by atomic mass is 9.94. The maximum absolute atomic E-state index is 12.5. The summed E-state index contributed by atoms with van der Waals surface area (Å²) in [4.78, 5) is 14.3. The topological polar surface area (TPSA) is 45.5 Å². The maximum atomic E-state index is 12.5. The van der Waals surface area contributed by atoms with Gasteiger partial charge in [0.25, 0.3) is 0 Å². The van der Waals surface area contributed by atoms with Gasteiger partial charge >= 0.3 is 0 Å². The van der Waals surface area contributed by atoms with E-state index < -0.39 is 0 Å². The van der Waals surface area contributed by atoms with Crippen LogP contribution in [0.2, 0.25) is 0 Å². The number of fused-ring (bicyclic) bond motifs is 1. The molecule has 0 bridgehead atoms. The molecule has 2 heterocycles. The summed E-state index contributed by atoms with van der Waals surface area (Å²) in [5.41, 5.74) is 0.878. The van der Waals surface area contributed by atoms with Gasteiger partial charge in [-0.25, -0.2) is 0 Å². The summed E-state index contributed by atoms with van der Waals surface area (Å²) in [6.45, 7) is 4.08. The van der Waals surface area contributed by atoms with E-state index in [1.807, 2.05) is 49.2 Å². The molecule has 1 N–H and O–H groups in total. The van der Waals surface area contributed by atoms with Crippen LogP contribution in [0.3, 0.4) is 0 Å². The zero-order valence-electron chi connectivity index (χ0n) is 13.7. The van der Waals surface area contributed by atoms with Gasteiger partial charge in [0, 0.05) is 18.9 Å². The number of nitrogens with zero attached hydrogens (tertiary/aromatic N) is 1. The van der Waals surface area contributed by atoms with Crippen molar-refractivity contribution in [2.75, 3.05) is 20.1 Å². The number of benzene rings is 1. The minimum absolute atomic E-state index is 0. The molecule has 1 amide bonds. The van der Waals surface area contributed by atoms with Crippen molar-refractivity contribution < 1.29 is 9.21 Å². The van der Waals surface area contributed by atoms with Gasteiger partial charge in [-0.3, -0.25) is 4.79 Å². The Morgan fingerprint density at radius 2 is 2.04 bits per heavy atom. The molecular formula is C18H25ClN2O2. The number of nitrogens with one attached hydrogen (secondary N) is 1. The average Bonchev–Trinajstić information content (AvgIpc) is 2.98. The lowest BCUT2D eigenvalue weighted by Gasteiger charge is -2.27. The van der Waals surface area contributed by atoms with Crippen LogP contribution in [0, 0.1) is 5.92 Å². The highest BCUT2D eigenvalue weighted by Gasteiger charge is 2.24. The second kappa shape index (κ2) is 7.84. The van der Waals surface area contributed by atoms with Crippen LogP contribution in [0.25, 0.3) is 11.0 Å². The molecule has 4 nitrogen and oxygen atoms in total. The Morgan fingerprint density at radius 3 is 2.74 bits per heavy atom. The van der Waals surface area contributed by atoms with Gasteiger partial charge in [-0.2, -0.15) is 0 Å². The Labute approximate surface area is 143 Å². The Bertz CT molecular complexity index is 616. The minimum Gasteiger partial charge on any atom is -0.459 e. The molecule has 1 aromatic carbocycles. The van der Waals surface area contributed by atoms with Crippen molar-refractivity contribution in [3.63, 3.8) is 0 Å². The van der Waals surface area contributed by atoms with E-state index in [4.69, 9.17) is 4.42 Å². The predicted octanol–water partition coefficient (Wildman–Crippen LogP) is 3.76. The van der Waals surface area contributed by atoms with Crippen LogP contribution in [-0.4, -0.2) is 30.9 Å². The van der Waals surface area contributed by atoms with Crippen molar-refractivity contribution in [3.05, 3.63) is 36.1 Å². The van der Waals surface area contributed by atoms with Crippen LogP contribution in [0.4, 0.5) is 0 Å². The summed E-state index contributed by atoms with van der Waals surface area (Å²) in [5, 5.41) is 4.43. The second-order valence-electron chi connectivity index (χ2n) is 6.26. The zero-order valence-corrected chi connectivity index (χ0v) is 14.6. The number of furan rings is 1. The van der Waals surface area contributed by atoms with Gasteiger partial charge < -0.3 is 14.6 Å². The minimum atomic E-state index is -0.0402. The molecule has 0 spiro atoms. The normalized spacial score (nSPS) is 16.8. The van der Waals surface area contributed by atoms with Gasteiger partial charge in [0.15, 0.2) is 0 Å². The lowest BCUT2D eigenvalue weighted by Crippen LogP contribution is -2.34. The van der Waals surface area contributed by atoms with Gasteiger partial charge in [-0.15, -0.1) is 12.4 Å². The van der Waals surface area contributed by atoms with Gasteiger partial charge in [0.2, 0.25) is 5.91 Å². The van der Waals surface area contributed by atoms with E-state index in [1.54, 1.807) is 0 Å². The number of halogens is 1. The average molecular weight is 337 g/mol. The molecule has 1 aliphatic rings. The number of carbonyl (C=O) groups excluding carboxylic acids is 1. The standard InChI is InChI=1S/C18H24N2O2.ClH/c1-13(17-12-15-5-3-4-6-16(15)22-17)20(2)18(21)11-14-7-9-19-10-8-14;/h3-6,12-14,19H,7-11H2,1-2H3;1H. The van der Waals surface area contributed by atoms with E-state index in [0.717, 1.165) is 42.7 Å². The molecule has 1 fully saturated rings. The van der Waals surface area contributed by atoms with E-state index in [1.165, 1.54) is 0 Å². The molecule has 1 saturated heterocycles. The van der Waals surface area contributed by atoms with Crippen LogP contribution in [0.1, 0.15) is 38.0 Å². The van der Waals surface area contributed by atoms with Gasteiger partial charge in [-0.05, 0) is 50.9 Å². The highest BCUT2D eigenvalue weighted by atomic mass is 35.5. The van der Waals surface area contributed by atoms with Crippen molar-refractivity contribution in [2.24, 2.45) is 5.92 Å². The molecule has 2 aromatic rings. The summed E-state index contributed by atoms with van der Waals surface area (Å²) in [6.07, 6.45) is 2.83. The predicted molar refractivity (Wildman–Crippen MR) is 94.9 cm³/mol. The fourth-order valence-electron chi connectivity index (χ4n) is 3.09. The first-order chi connectivity index (χ1) is 10.6. The molecule has 1 aliphatic heterocycles. The lowest BCUT2D eigenvalue weighted by molar-refractivity contribution is -0.133. The molecule has 1 atom stereocenters. The van der Waals surface area contributed by atoms with Gasteiger partial charge in [0.1, 0.15) is 11.3 Å². The van der Waals surface area contributed by atoms with Crippen LogP contribution >= 0.6 is 12.4 Å². The molecule has 0 radical (unpaired) electrons. The fraction of sp³-hybridized carbons (Fsp3) is 0.500. The molecule has 126 valence electrons. The number of hydrogen-bond donors (Lipinski definition) is 1. The Kier molecular flexibility index (Phi) is 6.08. The molecular weight excluding hydrogens is 312 g/mol. The van der Waals surface area contributed by atoms with Crippen molar-refractivity contribution in [3.8, 4) is 0 Å². The number of amides is 1. The first kappa shape index (κ1) is 17.8. The quantitative estimate of drug-likeness (QED) is 0.924. The summed E-state index contributed by atoms with van der Waals surface area (Å²) in [6, 6.07) is 9.95. The third-order valence-electron chi connectivity index (χ3n) is 4.75. The largest absolute Gasteiger partial charge is 0.459 e. The van der Waals surface area contributed by atoms with Crippen LogP contribution in [-0.2, 0) is 4.79 Å². The number of hydrogen-bond acceptors (Lipinski definition) is 3.